The molecule has 1 atom stereocenters. The van der Waals surface area contributed by atoms with Gasteiger partial charge in [-0.25, -0.2) is 0 Å². The zero-order valence-electron chi connectivity index (χ0n) is 10.5. The molecule has 1 aliphatic rings. The van der Waals surface area contributed by atoms with E-state index < -0.39 is 0 Å². The summed E-state index contributed by atoms with van der Waals surface area (Å²) < 4.78 is 6.14. The number of nitrogens with one attached hydrogen (secondary N) is 2. The van der Waals surface area contributed by atoms with Gasteiger partial charge in [0.05, 0.1) is 27.4 Å². The monoisotopic (exact) mass is 346 g/mol. The van der Waals surface area contributed by atoms with Crippen LogP contribution in [-0.2, 0) is 9.53 Å². The molecule has 0 saturated carbocycles. The Morgan fingerprint density at radius 3 is 2.89 bits per heavy atom. The number of ether oxygens (including phenoxy) is 1. The van der Waals surface area contributed by atoms with Crippen molar-refractivity contribution >= 4 is 39.1 Å². The predicted octanol–water partition coefficient (Wildman–Crippen LogP) is 1.54. The van der Waals surface area contributed by atoms with Crippen LogP contribution in [0.1, 0.15) is 23.0 Å². The summed E-state index contributed by atoms with van der Waals surface area (Å²) in [5, 5.41) is 5.48. The average molecular weight is 347 g/mol. The highest BCUT2D eigenvalue weighted by Gasteiger charge is 2.31. The second-order valence-electron chi connectivity index (χ2n) is 4.70. The van der Waals surface area contributed by atoms with E-state index in [0.717, 1.165) is 10.2 Å². The molecule has 0 radical (unpaired) electrons. The Morgan fingerprint density at radius 1 is 1.53 bits per heavy atom. The number of carbonyl (C=O) groups excluding carboxylic acids is 2. The molecular weight excluding hydrogens is 332 g/mol. The summed E-state index contributed by atoms with van der Waals surface area (Å²) in [5.74, 6) is -0.435. The lowest BCUT2D eigenvalue weighted by molar-refractivity contribution is -0.121. The molecule has 1 unspecified atom stereocenters. The van der Waals surface area contributed by atoms with Crippen LogP contribution in [0.25, 0.3) is 0 Å². The summed E-state index contributed by atoms with van der Waals surface area (Å²) >= 11 is 4.62. The van der Waals surface area contributed by atoms with E-state index in [-0.39, 0.29) is 23.9 Å². The second kappa shape index (κ2) is 6.02. The fraction of sp³-hybridized carbons (Fsp3) is 0.500. The minimum absolute atomic E-state index is 0.0239. The van der Waals surface area contributed by atoms with Crippen molar-refractivity contribution < 1.29 is 14.3 Å². The Labute approximate surface area is 123 Å². The molecule has 0 bridgehead atoms. The lowest BCUT2D eigenvalue weighted by Gasteiger charge is -2.23. The first-order chi connectivity index (χ1) is 8.98. The van der Waals surface area contributed by atoms with Crippen LogP contribution in [0, 0.1) is 0 Å². The van der Waals surface area contributed by atoms with Gasteiger partial charge in [0, 0.05) is 6.61 Å². The van der Waals surface area contributed by atoms with E-state index in [1.54, 1.807) is 12.1 Å². The second-order valence-corrected chi connectivity index (χ2v) is 7.16. The summed E-state index contributed by atoms with van der Waals surface area (Å²) in [5.41, 5.74) is -0.312. The average Bonchev–Trinajstić information content (AvgIpc) is 2.95. The molecule has 0 aliphatic carbocycles. The van der Waals surface area contributed by atoms with Gasteiger partial charge in [0.25, 0.3) is 5.91 Å². The maximum Gasteiger partial charge on any atom is 0.261 e. The van der Waals surface area contributed by atoms with Crippen LogP contribution in [0.4, 0.5) is 0 Å². The number of carbonyl (C=O) groups is 2. The van der Waals surface area contributed by atoms with Crippen LogP contribution in [0.5, 0.6) is 0 Å². The first-order valence-electron chi connectivity index (χ1n) is 5.91. The number of hydrogen-bond donors (Lipinski definition) is 2. The van der Waals surface area contributed by atoms with Gasteiger partial charge in [-0.15, -0.1) is 11.3 Å². The summed E-state index contributed by atoms with van der Waals surface area (Å²) in [7, 11) is 0. The minimum atomic E-state index is -0.312. The fourth-order valence-electron chi connectivity index (χ4n) is 1.83. The number of rotatable bonds is 4. The van der Waals surface area contributed by atoms with Crippen LogP contribution < -0.4 is 10.6 Å². The van der Waals surface area contributed by atoms with Crippen LogP contribution >= 0.6 is 27.3 Å². The standard InChI is InChI=1S/C12H15BrN2O3S/c1-12(4-5-18-7-12)15-10(16)6-14-11(17)8-2-3-9(13)19-8/h2-3H,4-7H2,1H3,(H,14,17)(H,15,16). The lowest BCUT2D eigenvalue weighted by Crippen LogP contribution is -2.49. The molecule has 19 heavy (non-hydrogen) atoms. The van der Waals surface area contributed by atoms with Crippen molar-refractivity contribution in [2.45, 2.75) is 18.9 Å². The third-order valence-corrected chi connectivity index (χ3v) is 4.49. The number of thiophene rings is 1. The van der Waals surface area contributed by atoms with E-state index in [0.29, 0.717) is 18.1 Å². The molecule has 1 aliphatic heterocycles. The topological polar surface area (TPSA) is 67.4 Å². The minimum Gasteiger partial charge on any atom is -0.379 e. The Kier molecular flexibility index (Phi) is 4.59. The quantitative estimate of drug-likeness (QED) is 0.868. The van der Waals surface area contributed by atoms with E-state index >= 15 is 0 Å². The highest BCUT2D eigenvalue weighted by Crippen LogP contribution is 2.21. The molecule has 1 fully saturated rings. The first kappa shape index (κ1) is 14.5. The van der Waals surface area contributed by atoms with Crippen molar-refractivity contribution in [2.75, 3.05) is 19.8 Å². The molecule has 1 aromatic rings. The molecule has 1 saturated heterocycles. The van der Waals surface area contributed by atoms with Crippen molar-refractivity contribution in [1.82, 2.24) is 10.6 Å². The van der Waals surface area contributed by atoms with Crippen LogP contribution in [-0.4, -0.2) is 37.1 Å². The predicted molar refractivity (Wildman–Crippen MR) is 76.3 cm³/mol. The van der Waals surface area contributed by atoms with Gasteiger partial charge in [-0.05, 0) is 41.4 Å². The Hall–Kier alpha value is -0.920. The molecule has 7 heteroatoms. The van der Waals surface area contributed by atoms with Crippen molar-refractivity contribution in [3.8, 4) is 0 Å². The maximum absolute atomic E-state index is 11.8. The van der Waals surface area contributed by atoms with E-state index in [1.165, 1.54) is 11.3 Å². The Morgan fingerprint density at radius 2 is 2.32 bits per heavy atom. The molecule has 2 amide bonds. The van der Waals surface area contributed by atoms with Crippen LogP contribution in [0.3, 0.4) is 0 Å². The third kappa shape index (κ3) is 4.02. The Balaban J connectivity index is 1.79. The van der Waals surface area contributed by atoms with Gasteiger partial charge < -0.3 is 15.4 Å². The molecule has 1 aromatic heterocycles. The number of halogens is 1. The van der Waals surface area contributed by atoms with Gasteiger partial charge in [-0.3, -0.25) is 9.59 Å². The number of amides is 2. The zero-order valence-corrected chi connectivity index (χ0v) is 12.9. The van der Waals surface area contributed by atoms with Crippen molar-refractivity contribution in [2.24, 2.45) is 0 Å². The van der Waals surface area contributed by atoms with Gasteiger partial charge in [0.15, 0.2) is 0 Å². The zero-order chi connectivity index (χ0) is 13.9. The number of hydrogen-bond acceptors (Lipinski definition) is 4. The summed E-state index contributed by atoms with van der Waals surface area (Å²) in [6.45, 7) is 3.09. The maximum atomic E-state index is 11.8. The van der Waals surface area contributed by atoms with E-state index in [2.05, 4.69) is 26.6 Å². The molecular formula is C12H15BrN2O3S. The first-order valence-corrected chi connectivity index (χ1v) is 7.52. The SMILES string of the molecule is CC1(NC(=O)CNC(=O)c2ccc(Br)s2)CCOC1. The van der Waals surface area contributed by atoms with Gasteiger partial charge in [0.1, 0.15) is 0 Å². The van der Waals surface area contributed by atoms with Crippen LogP contribution in [0.15, 0.2) is 15.9 Å². The largest absolute Gasteiger partial charge is 0.379 e. The molecule has 5 nitrogen and oxygen atoms in total. The molecule has 104 valence electrons. The smallest absolute Gasteiger partial charge is 0.261 e. The van der Waals surface area contributed by atoms with Gasteiger partial charge in [-0.1, -0.05) is 0 Å². The lowest BCUT2D eigenvalue weighted by atomic mass is 10.0. The fourth-order valence-corrected chi connectivity index (χ4v) is 3.13. The third-order valence-electron chi connectivity index (χ3n) is 2.87. The molecule has 2 heterocycles. The van der Waals surface area contributed by atoms with E-state index in [9.17, 15) is 9.59 Å². The molecule has 2 rings (SSSR count). The van der Waals surface area contributed by atoms with Crippen LogP contribution in [0.2, 0.25) is 0 Å². The summed E-state index contributed by atoms with van der Waals surface area (Å²) in [6, 6.07) is 3.52. The summed E-state index contributed by atoms with van der Waals surface area (Å²) in [4.78, 5) is 24.1. The van der Waals surface area contributed by atoms with Gasteiger partial charge >= 0.3 is 0 Å². The van der Waals surface area contributed by atoms with Crippen molar-refractivity contribution in [3.05, 3.63) is 20.8 Å². The molecule has 2 N–H and O–H groups in total. The van der Waals surface area contributed by atoms with Crippen molar-refractivity contribution in [3.63, 3.8) is 0 Å². The molecule has 0 aromatic carbocycles. The van der Waals surface area contributed by atoms with E-state index in [4.69, 9.17) is 4.74 Å². The van der Waals surface area contributed by atoms with Gasteiger partial charge in [-0.2, -0.15) is 0 Å². The normalized spacial score (nSPS) is 22.2. The Bertz CT molecular complexity index is 483. The van der Waals surface area contributed by atoms with Crippen molar-refractivity contribution in [1.29, 1.82) is 0 Å². The highest BCUT2D eigenvalue weighted by atomic mass is 79.9. The van der Waals surface area contributed by atoms with Gasteiger partial charge in [0.2, 0.25) is 5.91 Å². The highest BCUT2D eigenvalue weighted by molar-refractivity contribution is 9.11. The van der Waals surface area contributed by atoms with E-state index in [1.807, 2.05) is 6.92 Å². The molecule has 0 spiro atoms. The summed E-state index contributed by atoms with van der Waals surface area (Å²) in [6.07, 6.45) is 0.796.